The summed E-state index contributed by atoms with van der Waals surface area (Å²) in [5, 5.41) is 0. The van der Waals surface area contributed by atoms with Gasteiger partial charge >= 0.3 is 0 Å². The van der Waals surface area contributed by atoms with Gasteiger partial charge in [0.1, 0.15) is 5.82 Å². The molecule has 0 radical (unpaired) electrons. The Hall–Kier alpha value is -1.62. The predicted molar refractivity (Wildman–Crippen MR) is 75.6 cm³/mol. The van der Waals surface area contributed by atoms with Crippen LogP contribution in [0.3, 0.4) is 0 Å². The number of nitrogens with zero attached hydrogens (tertiary/aromatic N) is 2. The van der Waals surface area contributed by atoms with Crippen molar-refractivity contribution in [3.63, 3.8) is 0 Å². The molecule has 0 aromatic carbocycles. The molecule has 0 aliphatic carbocycles. The van der Waals surface area contributed by atoms with Crippen LogP contribution in [0, 0.1) is 5.41 Å². The van der Waals surface area contributed by atoms with Gasteiger partial charge < -0.3 is 10.3 Å². The van der Waals surface area contributed by atoms with E-state index in [1.807, 2.05) is 4.90 Å². The first-order valence-electron chi connectivity index (χ1n) is 6.74. The molecule has 1 aliphatic rings. The van der Waals surface area contributed by atoms with E-state index in [1.54, 1.807) is 18.3 Å². The van der Waals surface area contributed by atoms with Gasteiger partial charge in [-0.2, -0.15) is 0 Å². The molecule has 5 nitrogen and oxygen atoms in total. The van der Waals surface area contributed by atoms with E-state index in [9.17, 15) is 4.79 Å². The molecule has 1 aliphatic heterocycles. The smallest absolute Gasteiger partial charge is 0.254 e. The number of nitrogens with two attached hydrogens (primary N) is 1. The molecule has 19 heavy (non-hydrogen) atoms. The Kier molecular flexibility index (Phi) is 4.04. The number of likely N-dealkylation sites (tertiary alicyclic amines) is 1. The molecule has 3 N–H and O–H groups in total. The Morgan fingerprint density at radius 2 is 2.21 bits per heavy atom. The summed E-state index contributed by atoms with van der Waals surface area (Å²) < 4.78 is 0. The summed E-state index contributed by atoms with van der Waals surface area (Å²) in [6.45, 7) is 6.18. The number of hydrazine groups is 1. The number of amides is 1. The van der Waals surface area contributed by atoms with Gasteiger partial charge in [-0.05, 0) is 36.8 Å². The van der Waals surface area contributed by atoms with Crippen LogP contribution in [0.1, 0.15) is 43.5 Å². The second-order valence-electron chi connectivity index (χ2n) is 5.88. The summed E-state index contributed by atoms with van der Waals surface area (Å²) in [6.07, 6.45) is 4.88. The van der Waals surface area contributed by atoms with E-state index in [4.69, 9.17) is 5.84 Å². The molecule has 5 heteroatoms. The number of pyridine rings is 1. The van der Waals surface area contributed by atoms with Gasteiger partial charge in [-0.3, -0.25) is 4.79 Å². The molecule has 104 valence electrons. The van der Waals surface area contributed by atoms with Crippen molar-refractivity contribution in [1.29, 1.82) is 0 Å². The van der Waals surface area contributed by atoms with E-state index >= 15 is 0 Å². The lowest BCUT2D eigenvalue weighted by molar-refractivity contribution is 0.0757. The lowest BCUT2D eigenvalue weighted by Gasteiger charge is -2.23. The first-order chi connectivity index (χ1) is 9.02. The molecule has 0 spiro atoms. The van der Waals surface area contributed by atoms with Crippen LogP contribution in [0.2, 0.25) is 0 Å². The number of hydrogen-bond donors (Lipinski definition) is 2. The number of carbonyl (C=O) groups excluding carboxylic acids is 1. The fourth-order valence-corrected chi connectivity index (χ4v) is 2.45. The van der Waals surface area contributed by atoms with Gasteiger partial charge in [-0.25, -0.2) is 10.8 Å². The van der Waals surface area contributed by atoms with Gasteiger partial charge in [0.05, 0.1) is 0 Å². The van der Waals surface area contributed by atoms with Crippen molar-refractivity contribution in [1.82, 2.24) is 9.88 Å². The third kappa shape index (κ3) is 3.44. The summed E-state index contributed by atoms with van der Waals surface area (Å²) in [5.74, 6) is 5.90. The minimum Gasteiger partial charge on any atom is -0.339 e. The van der Waals surface area contributed by atoms with Crippen LogP contribution in [0.25, 0.3) is 0 Å². The van der Waals surface area contributed by atoms with Crippen LogP contribution in [0.15, 0.2) is 18.3 Å². The number of nitrogen functional groups attached to an aromatic ring is 1. The Labute approximate surface area is 114 Å². The molecule has 0 bridgehead atoms. The molecule has 1 aromatic rings. The van der Waals surface area contributed by atoms with Crippen LogP contribution in [0.5, 0.6) is 0 Å². The topological polar surface area (TPSA) is 71.2 Å². The average Bonchev–Trinajstić information content (AvgIpc) is 2.59. The molecule has 2 rings (SSSR count). The van der Waals surface area contributed by atoms with Crippen LogP contribution in [-0.4, -0.2) is 28.9 Å². The number of aromatic nitrogens is 1. The van der Waals surface area contributed by atoms with E-state index in [2.05, 4.69) is 24.3 Å². The summed E-state index contributed by atoms with van der Waals surface area (Å²) in [6, 6.07) is 3.43. The Morgan fingerprint density at radius 1 is 1.42 bits per heavy atom. The molecule has 1 amide bonds. The van der Waals surface area contributed by atoms with Gasteiger partial charge in [0.15, 0.2) is 0 Å². The Morgan fingerprint density at radius 3 is 2.95 bits per heavy atom. The van der Waals surface area contributed by atoms with Crippen molar-refractivity contribution in [2.45, 2.75) is 33.1 Å². The van der Waals surface area contributed by atoms with Crippen molar-refractivity contribution in [3.8, 4) is 0 Å². The van der Waals surface area contributed by atoms with Crippen molar-refractivity contribution in [2.24, 2.45) is 11.3 Å². The zero-order chi connectivity index (χ0) is 13.9. The normalized spacial score (nSPS) is 18.8. The Balaban J connectivity index is 2.10. The van der Waals surface area contributed by atoms with Gasteiger partial charge in [0, 0.05) is 24.8 Å². The highest BCUT2D eigenvalue weighted by Gasteiger charge is 2.25. The molecule has 0 atom stereocenters. The number of hydrogen-bond acceptors (Lipinski definition) is 4. The standard InChI is InChI=1S/C14H22N4O/c1-14(2)5-3-8-18(9-6-14)13(19)11-4-7-16-12(10-11)17-15/h4,7,10H,3,5-6,8-9,15H2,1-2H3,(H,16,17). The SMILES string of the molecule is CC1(C)CCCN(C(=O)c2ccnc(NN)c2)CC1. The monoisotopic (exact) mass is 262 g/mol. The number of rotatable bonds is 2. The average molecular weight is 262 g/mol. The largest absolute Gasteiger partial charge is 0.339 e. The van der Waals surface area contributed by atoms with Crippen molar-refractivity contribution in [2.75, 3.05) is 18.5 Å². The van der Waals surface area contributed by atoms with Gasteiger partial charge in [-0.15, -0.1) is 0 Å². The third-order valence-electron chi connectivity index (χ3n) is 3.78. The van der Waals surface area contributed by atoms with E-state index in [0.29, 0.717) is 16.8 Å². The first-order valence-corrected chi connectivity index (χ1v) is 6.74. The zero-order valence-electron chi connectivity index (χ0n) is 11.6. The number of carbonyl (C=O) groups is 1. The summed E-state index contributed by atoms with van der Waals surface area (Å²) in [7, 11) is 0. The van der Waals surface area contributed by atoms with E-state index in [-0.39, 0.29) is 5.91 Å². The highest BCUT2D eigenvalue weighted by atomic mass is 16.2. The first kappa shape index (κ1) is 13.8. The van der Waals surface area contributed by atoms with Gasteiger partial charge in [-0.1, -0.05) is 13.8 Å². The molecule has 1 saturated heterocycles. The zero-order valence-corrected chi connectivity index (χ0v) is 11.6. The maximum Gasteiger partial charge on any atom is 0.254 e. The summed E-state index contributed by atoms with van der Waals surface area (Å²) in [4.78, 5) is 18.4. The molecule has 2 heterocycles. The van der Waals surface area contributed by atoms with E-state index in [1.165, 1.54) is 6.42 Å². The van der Waals surface area contributed by atoms with E-state index in [0.717, 1.165) is 25.9 Å². The van der Waals surface area contributed by atoms with Crippen molar-refractivity contribution in [3.05, 3.63) is 23.9 Å². The lowest BCUT2D eigenvalue weighted by Crippen LogP contribution is -2.32. The van der Waals surface area contributed by atoms with Gasteiger partial charge in [0.25, 0.3) is 5.91 Å². The molecular weight excluding hydrogens is 240 g/mol. The lowest BCUT2D eigenvalue weighted by atomic mass is 9.85. The van der Waals surface area contributed by atoms with Crippen molar-refractivity contribution >= 4 is 11.7 Å². The predicted octanol–water partition coefficient (Wildman–Crippen LogP) is 2.02. The minimum absolute atomic E-state index is 0.0663. The third-order valence-corrected chi connectivity index (χ3v) is 3.78. The van der Waals surface area contributed by atoms with Crippen LogP contribution in [0.4, 0.5) is 5.82 Å². The fourth-order valence-electron chi connectivity index (χ4n) is 2.45. The summed E-state index contributed by atoms with van der Waals surface area (Å²) in [5.41, 5.74) is 3.44. The highest BCUT2D eigenvalue weighted by Crippen LogP contribution is 2.30. The number of anilines is 1. The maximum absolute atomic E-state index is 12.5. The second-order valence-corrected chi connectivity index (χ2v) is 5.88. The number of nitrogens with one attached hydrogen (secondary N) is 1. The quantitative estimate of drug-likeness (QED) is 0.632. The Bertz CT molecular complexity index is 459. The fraction of sp³-hybridized carbons (Fsp3) is 0.571. The van der Waals surface area contributed by atoms with Crippen LogP contribution < -0.4 is 11.3 Å². The molecule has 1 fully saturated rings. The molecule has 1 aromatic heterocycles. The molecule has 0 unspecified atom stereocenters. The van der Waals surface area contributed by atoms with Crippen LogP contribution in [-0.2, 0) is 0 Å². The molecule has 0 saturated carbocycles. The summed E-state index contributed by atoms with van der Waals surface area (Å²) >= 11 is 0. The minimum atomic E-state index is 0.0663. The highest BCUT2D eigenvalue weighted by molar-refractivity contribution is 5.94. The van der Waals surface area contributed by atoms with Crippen molar-refractivity contribution < 1.29 is 4.79 Å². The van der Waals surface area contributed by atoms with Crippen LogP contribution >= 0.6 is 0 Å². The van der Waals surface area contributed by atoms with E-state index < -0.39 is 0 Å². The molecular formula is C14H22N4O. The van der Waals surface area contributed by atoms with Gasteiger partial charge in [0.2, 0.25) is 0 Å². The maximum atomic E-state index is 12.5. The second kappa shape index (κ2) is 5.57.